The SMILES string of the molecule is COCCCNc1nc(NCCCOC)c(N=Nc2ccc(C)cc2)c(NCCCOC)n1. The summed E-state index contributed by atoms with van der Waals surface area (Å²) in [6.07, 6.45) is 2.52. The van der Waals surface area contributed by atoms with Crippen molar-refractivity contribution in [3.8, 4) is 0 Å². The molecule has 1 heterocycles. The first-order valence-corrected chi connectivity index (χ1v) is 11.3. The summed E-state index contributed by atoms with van der Waals surface area (Å²) in [5, 5.41) is 18.9. The number of aryl methyl sites for hydroxylation is 1. The molecule has 2 rings (SSSR count). The fourth-order valence-electron chi connectivity index (χ4n) is 2.86. The molecule has 3 N–H and O–H groups in total. The van der Waals surface area contributed by atoms with E-state index < -0.39 is 0 Å². The van der Waals surface area contributed by atoms with Gasteiger partial charge in [-0.05, 0) is 38.3 Å². The van der Waals surface area contributed by atoms with E-state index in [4.69, 9.17) is 14.2 Å². The van der Waals surface area contributed by atoms with Gasteiger partial charge in [0, 0.05) is 60.8 Å². The topological polar surface area (TPSA) is 114 Å². The molecule has 182 valence electrons. The highest BCUT2D eigenvalue weighted by Crippen LogP contribution is 2.33. The van der Waals surface area contributed by atoms with Crippen LogP contribution in [0.1, 0.15) is 24.8 Å². The zero-order valence-corrected chi connectivity index (χ0v) is 20.2. The van der Waals surface area contributed by atoms with Gasteiger partial charge in [-0.25, -0.2) is 0 Å². The maximum absolute atomic E-state index is 5.16. The molecule has 0 bridgehead atoms. The minimum absolute atomic E-state index is 0.517. The normalized spacial score (nSPS) is 11.2. The van der Waals surface area contributed by atoms with Gasteiger partial charge in [-0.2, -0.15) is 15.1 Å². The van der Waals surface area contributed by atoms with Crippen LogP contribution in [0.5, 0.6) is 0 Å². The number of methoxy groups -OCH3 is 3. The number of hydrogen-bond donors (Lipinski definition) is 3. The molecule has 33 heavy (non-hydrogen) atoms. The van der Waals surface area contributed by atoms with Crippen LogP contribution in [0.15, 0.2) is 34.5 Å². The maximum Gasteiger partial charge on any atom is 0.226 e. The van der Waals surface area contributed by atoms with Gasteiger partial charge in [-0.1, -0.05) is 17.7 Å². The van der Waals surface area contributed by atoms with Gasteiger partial charge in [0.05, 0.1) is 5.69 Å². The first kappa shape index (κ1) is 26.4. The molecule has 0 aliphatic rings. The van der Waals surface area contributed by atoms with Crippen molar-refractivity contribution in [1.82, 2.24) is 9.97 Å². The van der Waals surface area contributed by atoms with Crippen molar-refractivity contribution in [2.75, 3.05) is 76.7 Å². The molecule has 0 saturated carbocycles. The number of rotatable bonds is 17. The first-order chi connectivity index (χ1) is 16.2. The molecule has 0 radical (unpaired) electrons. The summed E-state index contributed by atoms with van der Waals surface area (Å²) >= 11 is 0. The molecule has 0 spiro atoms. The second-order valence-electron chi connectivity index (χ2n) is 7.45. The van der Waals surface area contributed by atoms with Crippen molar-refractivity contribution in [3.63, 3.8) is 0 Å². The Labute approximate surface area is 196 Å². The average molecular weight is 460 g/mol. The highest BCUT2D eigenvalue weighted by molar-refractivity contribution is 5.75. The predicted octanol–water partition coefficient (Wildman–Crippen LogP) is 4.55. The number of ether oxygens (including phenoxy) is 3. The van der Waals surface area contributed by atoms with Gasteiger partial charge in [-0.15, -0.1) is 5.11 Å². The van der Waals surface area contributed by atoms with E-state index in [-0.39, 0.29) is 0 Å². The Morgan fingerprint density at radius 1 is 0.697 bits per heavy atom. The molecule has 0 atom stereocenters. The van der Waals surface area contributed by atoms with Crippen LogP contribution in [0.25, 0.3) is 0 Å². The number of benzene rings is 1. The van der Waals surface area contributed by atoms with E-state index in [0.717, 1.165) is 24.9 Å². The predicted molar refractivity (Wildman–Crippen MR) is 132 cm³/mol. The molecular weight excluding hydrogens is 422 g/mol. The van der Waals surface area contributed by atoms with E-state index in [9.17, 15) is 0 Å². The minimum atomic E-state index is 0.517. The lowest BCUT2D eigenvalue weighted by Crippen LogP contribution is -2.14. The van der Waals surface area contributed by atoms with Crippen LogP contribution in [0.2, 0.25) is 0 Å². The van der Waals surface area contributed by atoms with Crippen molar-refractivity contribution in [1.29, 1.82) is 0 Å². The third-order valence-electron chi connectivity index (χ3n) is 4.63. The smallest absolute Gasteiger partial charge is 0.226 e. The van der Waals surface area contributed by atoms with Gasteiger partial charge < -0.3 is 30.2 Å². The summed E-state index contributed by atoms with van der Waals surface area (Å²) < 4.78 is 15.4. The van der Waals surface area contributed by atoms with E-state index in [1.54, 1.807) is 21.3 Å². The Balaban J connectivity index is 2.31. The fourth-order valence-corrected chi connectivity index (χ4v) is 2.86. The monoisotopic (exact) mass is 459 g/mol. The summed E-state index contributed by atoms with van der Waals surface area (Å²) in [5.74, 6) is 1.74. The van der Waals surface area contributed by atoms with Crippen molar-refractivity contribution < 1.29 is 14.2 Å². The number of nitrogens with one attached hydrogen (secondary N) is 3. The van der Waals surface area contributed by atoms with E-state index in [1.165, 1.54) is 5.56 Å². The Hall–Kier alpha value is -2.82. The Bertz CT molecular complexity index is 798. The lowest BCUT2D eigenvalue weighted by Gasteiger charge is -2.15. The quantitative estimate of drug-likeness (QED) is 0.233. The van der Waals surface area contributed by atoms with Crippen LogP contribution < -0.4 is 16.0 Å². The van der Waals surface area contributed by atoms with Crippen LogP contribution in [-0.4, -0.2) is 70.8 Å². The molecule has 1 aromatic heterocycles. The second-order valence-corrected chi connectivity index (χ2v) is 7.45. The lowest BCUT2D eigenvalue weighted by atomic mass is 10.2. The summed E-state index contributed by atoms with van der Waals surface area (Å²) in [7, 11) is 5.07. The van der Waals surface area contributed by atoms with E-state index >= 15 is 0 Å². The number of azo groups is 1. The Morgan fingerprint density at radius 3 is 1.67 bits per heavy atom. The molecule has 2 aromatic rings. The molecular formula is C23H37N7O3. The van der Waals surface area contributed by atoms with Crippen LogP contribution in [0, 0.1) is 6.92 Å². The van der Waals surface area contributed by atoms with Crippen molar-refractivity contribution >= 4 is 29.0 Å². The zero-order chi connectivity index (χ0) is 23.7. The van der Waals surface area contributed by atoms with E-state index in [1.807, 2.05) is 31.2 Å². The largest absolute Gasteiger partial charge is 0.385 e. The standard InChI is InChI=1S/C23H37N7O3/c1-18-8-10-19(11-9-18)29-30-20-21(24-12-5-15-31-2)27-23(26-14-7-17-33-4)28-22(20)25-13-6-16-32-3/h8-11H,5-7,12-17H2,1-4H3,(H3,24,25,26,27,28). The highest BCUT2D eigenvalue weighted by Gasteiger charge is 2.15. The van der Waals surface area contributed by atoms with Gasteiger partial charge in [-0.3, -0.25) is 0 Å². The molecule has 0 aliphatic heterocycles. The number of hydrogen-bond acceptors (Lipinski definition) is 10. The third-order valence-corrected chi connectivity index (χ3v) is 4.63. The van der Waals surface area contributed by atoms with Gasteiger partial charge in [0.2, 0.25) is 5.95 Å². The number of nitrogens with zero attached hydrogens (tertiary/aromatic N) is 4. The summed E-state index contributed by atoms with van der Waals surface area (Å²) in [4.78, 5) is 9.33. The Morgan fingerprint density at radius 2 is 1.18 bits per heavy atom. The summed E-state index contributed by atoms with van der Waals surface area (Å²) in [6, 6.07) is 7.88. The van der Waals surface area contributed by atoms with Crippen molar-refractivity contribution in [3.05, 3.63) is 29.8 Å². The fraction of sp³-hybridized carbons (Fsp3) is 0.565. The minimum Gasteiger partial charge on any atom is -0.385 e. The number of anilines is 3. The molecule has 0 amide bonds. The molecule has 0 unspecified atom stereocenters. The van der Waals surface area contributed by atoms with Crippen LogP contribution in [-0.2, 0) is 14.2 Å². The van der Waals surface area contributed by atoms with Crippen molar-refractivity contribution in [2.45, 2.75) is 26.2 Å². The van der Waals surface area contributed by atoms with E-state index in [2.05, 4.69) is 36.1 Å². The van der Waals surface area contributed by atoms with Gasteiger partial charge >= 0.3 is 0 Å². The zero-order valence-electron chi connectivity index (χ0n) is 20.2. The summed E-state index contributed by atoms with van der Waals surface area (Å²) in [6.45, 7) is 6.08. The van der Waals surface area contributed by atoms with Gasteiger partial charge in [0.15, 0.2) is 17.3 Å². The number of aromatic nitrogens is 2. The van der Waals surface area contributed by atoms with Crippen LogP contribution in [0.3, 0.4) is 0 Å². The maximum atomic E-state index is 5.16. The molecule has 0 fully saturated rings. The molecule has 10 nitrogen and oxygen atoms in total. The second kappa shape index (κ2) is 15.9. The van der Waals surface area contributed by atoms with E-state index in [0.29, 0.717) is 62.7 Å². The van der Waals surface area contributed by atoms with Crippen molar-refractivity contribution in [2.24, 2.45) is 10.2 Å². The third kappa shape index (κ3) is 10.1. The molecule has 0 aliphatic carbocycles. The van der Waals surface area contributed by atoms with Crippen LogP contribution in [0.4, 0.5) is 29.0 Å². The van der Waals surface area contributed by atoms with Gasteiger partial charge in [0.1, 0.15) is 0 Å². The highest BCUT2D eigenvalue weighted by atomic mass is 16.5. The molecule has 10 heteroatoms. The van der Waals surface area contributed by atoms with Crippen LogP contribution >= 0.6 is 0 Å². The molecule has 1 aromatic carbocycles. The Kier molecular flexibility index (Phi) is 12.7. The lowest BCUT2D eigenvalue weighted by molar-refractivity contribution is 0.197. The first-order valence-electron chi connectivity index (χ1n) is 11.3. The molecule has 0 saturated heterocycles. The average Bonchev–Trinajstić information content (AvgIpc) is 2.82. The summed E-state index contributed by atoms with van der Waals surface area (Å²) in [5.41, 5.74) is 2.49. The van der Waals surface area contributed by atoms with Gasteiger partial charge in [0.25, 0.3) is 0 Å².